The van der Waals surface area contributed by atoms with Gasteiger partial charge in [-0.15, -0.1) is 20.5 Å². The summed E-state index contributed by atoms with van der Waals surface area (Å²) < 4.78 is 34.8. The van der Waals surface area contributed by atoms with Crippen LogP contribution in [-0.4, -0.2) is 29.6 Å². The summed E-state index contributed by atoms with van der Waals surface area (Å²) in [5, 5.41) is -0.256. The Bertz CT molecular complexity index is 651. The van der Waals surface area contributed by atoms with Crippen LogP contribution in [-0.2, 0) is 4.79 Å². The van der Waals surface area contributed by atoms with Gasteiger partial charge in [-0.25, -0.2) is 0 Å². The van der Waals surface area contributed by atoms with Crippen LogP contribution >= 0.6 is 11.8 Å². The van der Waals surface area contributed by atoms with E-state index in [0.717, 1.165) is 0 Å². The molecule has 0 amide bonds. The molecule has 0 aromatic heterocycles. The van der Waals surface area contributed by atoms with Gasteiger partial charge in [-0.2, -0.15) is 0 Å². The number of nitrogens with zero attached hydrogens (tertiary/aromatic N) is 1. The van der Waals surface area contributed by atoms with Gasteiger partial charge in [0.2, 0.25) is 0 Å². The summed E-state index contributed by atoms with van der Waals surface area (Å²) in [6.45, 7) is 0. The molecule has 3 aliphatic heterocycles. The van der Waals surface area contributed by atoms with E-state index in [-0.39, 0.29) is 28.2 Å². The number of Topliss-reactive ketones (excluding diaryl/α,β-unsaturated/α-hetero) is 1. The minimum Gasteiger partial charge on any atom is -0.395 e. The summed E-state index contributed by atoms with van der Waals surface area (Å²) in [5.41, 5.74) is 0.732. The van der Waals surface area contributed by atoms with Crippen LogP contribution in [0.3, 0.4) is 0 Å². The van der Waals surface area contributed by atoms with Gasteiger partial charge in [-0.3, -0.25) is 4.79 Å². The van der Waals surface area contributed by atoms with Crippen molar-refractivity contribution >= 4 is 29.5 Å². The molecule has 1 aromatic carbocycles. The van der Waals surface area contributed by atoms with E-state index in [1.54, 1.807) is 0 Å². The molecule has 1 fully saturated rings. The zero-order valence-corrected chi connectivity index (χ0v) is 10.7. The molecule has 1 saturated heterocycles. The maximum atomic E-state index is 13.0. The highest BCUT2D eigenvalue weighted by Crippen LogP contribution is 2.51. The van der Waals surface area contributed by atoms with Crippen molar-refractivity contribution < 1.29 is 27.8 Å². The van der Waals surface area contributed by atoms with Gasteiger partial charge in [-0.1, -0.05) is 0 Å². The Kier molecular flexibility index (Phi) is 2.17. The van der Waals surface area contributed by atoms with Gasteiger partial charge in [-0.05, 0) is 6.07 Å². The number of carbonyl (C=O) groups is 2. The van der Waals surface area contributed by atoms with Gasteiger partial charge in [0, 0.05) is 11.6 Å². The van der Waals surface area contributed by atoms with Crippen LogP contribution in [0.4, 0.5) is 14.5 Å². The van der Waals surface area contributed by atoms with Gasteiger partial charge in [0.05, 0.1) is 16.9 Å². The van der Waals surface area contributed by atoms with Crippen molar-refractivity contribution in [2.45, 2.75) is 11.7 Å². The first-order valence-corrected chi connectivity index (χ1v) is 6.87. The third-order valence-corrected chi connectivity index (χ3v) is 4.86. The van der Waals surface area contributed by atoms with Crippen LogP contribution in [0.1, 0.15) is 10.4 Å². The van der Waals surface area contributed by atoms with Crippen molar-refractivity contribution in [1.82, 2.24) is 0 Å². The fourth-order valence-electron chi connectivity index (χ4n) is 2.60. The fraction of sp³-hybridized carbons (Fsp3) is 0.333. The summed E-state index contributed by atoms with van der Waals surface area (Å²) in [6, 6.07) is 2.60. The molecule has 2 atom stereocenters. The lowest BCUT2D eigenvalue weighted by atomic mass is 9.91. The number of rotatable bonds is 1. The van der Waals surface area contributed by atoms with E-state index in [1.165, 1.54) is 23.9 Å². The summed E-state index contributed by atoms with van der Waals surface area (Å²) in [4.78, 5) is 25.1. The van der Waals surface area contributed by atoms with Gasteiger partial charge < -0.3 is 19.2 Å². The zero-order chi connectivity index (χ0) is 14.1. The molecule has 0 N–H and O–H groups in total. The number of fused-ring (bicyclic) bond motifs is 4. The van der Waals surface area contributed by atoms with Gasteiger partial charge >= 0.3 is 6.29 Å². The fourth-order valence-corrected chi connectivity index (χ4v) is 3.72. The number of aldehydes is 1. The number of halogens is 2. The second kappa shape index (κ2) is 3.63. The predicted molar refractivity (Wildman–Crippen MR) is 65.3 cm³/mol. The first-order valence-electron chi connectivity index (χ1n) is 5.82. The van der Waals surface area contributed by atoms with E-state index in [0.29, 0.717) is 17.9 Å². The quantitative estimate of drug-likeness (QED) is 0.583. The predicted octanol–water partition coefficient (Wildman–Crippen LogP) is 1.86. The lowest BCUT2D eigenvalue weighted by Crippen LogP contribution is -2.54. The van der Waals surface area contributed by atoms with Crippen molar-refractivity contribution in [3.05, 3.63) is 17.7 Å². The van der Waals surface area contributed by atoms with Gasteiger partial charge in [0.15, 0.2) is 17.3 Å². The topological polar surface area (TPSA) is 55.8 Å². The lowest BCUT2D eigenvalue weighted by molar-refractivity contribution is -0.286. The Hall–Kier alpha value is -1.83. The molecule has 20 heavy (non-hydrogen) atoms. The third kappa shape index (κ3) is 1.42. The Labute approximate surface area is 115 Å². The molecule has 0 spiro atoms. The Morgan fingerprint density at radius 3 is 2.65 bits per heavy atom. The van der Waals surface area contributed by atoms with Crippen molar-refractivity contribution in [1.29, 1.82) is 0 Å². The van der Waals surface area contributed by atoms with Crippen molar-refractivity contribution in [3.63, 3.8) is 0 Å². The number of hydrogen-bond donors (Lipinski definition) is 0. The highest BCUT2D eigenvalue weighted by atomic mass is 32.2. The van der Waals surface area contributed by atoms with Crippen LogP contribution in [0.5, 0.6) is 11.5 Å². The number of hydrogen-bond acceptors (Lipinski definition) is 6. The van der Waals surface area contributed by atoms with Crippen LogP contribution in [0.25, 0.3) is 0 Å². The number of carbonyl (C=O) groups excluding carboxylic acids is 2. The SMILES string of the molecule is O=CC1C(=O)c2cc3c(cc2N2CSC12)OC(F)(F)O3. The van der Waals surface area contributed by atoms with E-state index in [2.05, 4.69) is 9.47 Å². The van der Waals surface area contributed by atoms with Crippen LogP contribution < -0.4 is 14.4 Å². The number of thioether (sulfide) groups is 1. The molecule has 3 heterocycles. The highest BCUT2D eigenvalue weighted by Gasteiger charge is 2.49. The van der Waals surface area contributed by atoms with Crippen LogP contribution in [0.15, 0.2) is 12.1 Å². The number of benzene rings is 1. The van der Waals surface area contributed by atoms with Gasteiger partial charge in [0.25, 0.3) is 0 Å². The van der Waals surface area contributed by atoms with E-state index < -0.39 is 12.2 Å². The first kappa shape index (κ1) is 12.0. The lowest BCUT2D eigenvalue weighted by Gasteiger charge is -2.47. The minimum absolute atomic E-state index is 0.0956. The molecule has 104 valence electrons. The monoisotopic (exact) mass is 299 g/mol. The summed E-state index contributed by atoms with van der Waals surface area (Å²) >= 11 is 1.48. The number of ketones is 1. The molecule has 1 aromatic rings. The van der Waals surface area contributed by atoms with Gasteiger partial charge in [0.1, 0.15) is 12.2 Å². The van der Waals surface area contributed by atoms with Crippen molar-refractivity contribution in [2.75, 3.05) is 10.8 Å². The molecule has 3 aliphatic rings. The molecular formula is C12H7F2NO4S. The molecule has 4 rings (SSSR count). The molecule has 0 radical (unpaired) electrons. The van der Waals surface area contributed by atoms with Crippen LogP contribution in [0.2, 0.25) is 0 Å². The molecule has 0 bridgehead atoms. The molecule has 5 nitrogen and oxygen atoms in total. The standard InChI is InChI=1S/C12H7F2NO4S/c13-12(14)18-8-1-5-7(2-9(8)19-12)15-4-20-11(15)6(3-16)10(5)17/h1-3,6,11H,4H2. The van der Waals surface area contributed by atoms with E-state index in [9.17, 15) is 18.4 Å². The number of ether oxygens (including phenoxy) is 2. The first-order chi connectivity index (χ1) is 9.50. The van der Waals surface area contributed by atoms with Crippen LogP contribution in [0, 0.1) is 5.92 Å². The van der Waals surface area contributed by atoms with Crippen molar-refractivity contribution in [2.24, 2.45) is 5.92 Å². The molecular weight excluding hydrogens is 292 g/mol. The maximum absolute atomic E-state index is 13.0. The van der Waals surface area contributed by atoms with E-state index in [1.807, 2.05) is 4.90 Å². The second-order valence-electron chi connectivity index (χ2n) is 4.67. The Morgan fingerprint density at radius 2 is 2.05 bits per heavy atom. The number of alkyl halides is 2. The van der Waals surface area contributed by atoms with Crippen molar-refractivity contribution in [3.8, 4) is 11.5 Å². The maximum Gasteiger partial charge on any atom is 0.586 e. The average molecular weight is 299 g/mol. The van der Waals surface area contributed by atoms with E-state index >= 15 is 0 Å². The highest BCUT2D eigenvalue weighted by molar-refractivity contribution is 8.01. The molecule has 0 aliphatic carbocycles. The second-order valence-corrected chi connectivity index (χ2v) is 5.74. The smallest absolute Gasteiger partial charge is 0.395 e. The average Bonchev–Trinajstić information content (AvgIpc) is 2.64. The summed E-state index contributed by atoms with van der Waals surface area (Å²) in [7, 11) is 0. The molecule has 8 heteroatoms. The Balaban J connectivity index is 1.85. The normalized spacial score (nSPS) is 28.5. The zero-order valence-electron chi connectivity index (χ0n) is 9.84. The van der Waals surface area contributed by atoms with E-state index in [4.69, 9.17) is 0 Å². The molecule has 0 saturated carbocycles. The largest absolute Gasteiger partial charge is 0.586 e. The Morgan fingerprint density at radius 1 is 1.35 bits per heavy atom. The summed E-state index contributed by atoms with van der Waals surface area (Å²) in [6.07, 6.45) is -3.11. The number of anilines is 1. The summed E-state index contributed by atoms with van der Waals surface area (Å²) in [5.74, 6) is -0.821. The minimum atomic E-state index is -3.72. The molecule has 2 unspecified atom stereocenters. The third-order valence-electron chi connectivity index (χ3n) is 3.54.